The molecule has 3 heterocycles. The van der Waals surface area contributed by atoms with Crippen LogP contribution in [0, 0.1) is 0 Å². The quantitative estimate of drug-likeness (QED) is 0.497. The van der Waals surface area contributed by atoms with E-state index in [4.69, 9.17) is 9.47 Å². The second kappa shape index (κ2) is 5.94. The largest absolute Gasteiger partial charge is 0.466 e. The summed E-state index contributed by atoms with van der Waals surface area (Å²) in [6.07, 6.45) is 0.395. The van der Waals surface area contributed by atoms with Gasteiger partial charge in [0.1, 0.15) is 0 Å². The molecule has 2 amide bonds. The Bertz CT molecular complexity index is 729. The van der Waals surface area contributed by atoms with Gasteiger partial charge in [-0.3, -0.25) is 14.5 Å². The number of rotatable bonds is 2. The Morgan fingerprint density at radius 2 is 1.92 bits per heavy atom. The van der Waals surface area contributed by atoms with Crippen LogP contribution in [0.15, 0.2) is 24.3 Å². The molecule has 0 saturated carbocycles. The van der Waals surface area contributed by atoms with Crippen LogP contribution in [0.3, 0.4) is 0 Å². The van der Waals surface area contributed by atoms with E-state index >= 15 is 0 Å². The molecule has 1 N–H and O–H groups in total. The van der Waals surface area contributed by atoms with Gasteiger partial charge in [0.15, 0.2) is 11.5 Å². The molecule has 4 rings (SSSR count). The molecule has 7 nitrogen and oxygen atoms in total. The van der Waals surface area contributed by atoms with Crippen molar-refractivity contribution >= 4 is 29.5 Å². The van der Waals surface area contributed by atoms with Crippen molar-refractivity contribution in [3.63, 3.8) is 0 Å². The van der Waals surface area contributed by atoms with Crippen LogP contribution in [0.4, 0.5) is 0 Å². The molecule has 8 heteroatoms. The van der Waals surface area contributed by atoms with Crippen molar-refractivity contribution in [2.24, 2.45) is 0 Å². The highest BCUT2D eigenvalue weighted by Crippen LogP contribution is 2.55. The Hall–Kier alpha value is -2.22. The molecule has 0 aromatic heterocycles. The first-order chi connectivity index (χ1) is 11.7. The van der Waals surface area contributed by atoms with E-state index in [2.05, 4.69) is 5.32 Å². The molecule has 0 radical (unpaired) electrons. The van der Waals surface area contributed by atoms with Gasteiger partial charge in [-0.1, -0.05) is 12.1 Å². The molecule has 2 saturated heterocycles. The van der Waals surface area contributed by atoms with E-state index in [0.29, 0.717) is 6.42 Å². The number of ether oxygens (including phenoxy) is 2. The van der Waals surface area contributed by atoms with E-state index in [-0.39, 0.29) is 17.2 Å². The van der Waals surface area contributed by atoms with Crippen LogP contribution in [0.5, 0.6) is 11.5 Å². The summed E-state index contributed by atoms with van der Waals surface area (Å²) in [7, 11) is 1.25. The average Bonchev–Trinajstić information content (AvgIpc) is 3.28. The van der Waals surface area contributed by atoms with Crippen molar-refractivity contribution in [3.8, 4) is 11.5 Å². The van der Waals surface area contributed by atoms with E-state index in [1.165, 1.54) is 30.7 Å². The fourth-order valence-electron chi connectivity index (χ4n) is 3.22. The number of para-hydroxylation sites is 2. The van der Waals surface area contributed by atoms with Crippen LogP contribution < -0.4 is 10.1 Å². The minimum Gasteiger partial charge on any atom is -0.466 e. The first-order valence-corrected chi connectivity index (χ1v) is 8.75. The van der Waals surface area contributed by atoms with Gasteiger partial charge in [0.25, 0.3) is 0 Å². The summed E-state index contributed by atoms with van der Waals surface area (Å²) in [5.74, 6) is 0.947. The zero-order valence-corrected chi connectivity index (χ0v) is 15.3. The Kier molecular flexibility index (Phi) is 4.18. The normalized spacial score (nSPS) is 26.8. The molecule has 0 bridgehead atoms. The summed E-state index contributed by atoms with van der Waals surface area (Å²) in [5, 5.41) is 2.56. The summed E-state index contributed by atoms with van der Waals surface area (Å²) in [5.41, 5.74) is -1.40. The molecule has 1 aromatic carbocycles. The zero-order valence-electron chi connectivity index (χ0n) is 14.5. The van der Waals surface area contributed by atoms with Crippen LogP contribution in [-0.2, 0) is 19.1 Å². The lowest BCUT2D eigenvalue weighted by atomic mass is 9.90. The summed E-state index contributed by atoms with van der Waals surface area (Å²) in [6, 6.07) is 7.84. The minimum absolute atomic E-state index is 0.0709. The SMILES string of the molecule is COC(=O)C1(NC(C)=O)N2C(=O)C[C@H]2SC1(C)C.c1ccc2c(c1)O2. The maximum Gasteiger partial charge on any atom is 0.354 e. The van der Waals surface area contributed by atoms with E-state index in [1.807, 2.05) is 38.1 Å². The molecule has 25 heavy (non-hydrogen) atoms. The number of β-lactam (4-membered cyclic amide) rings is 1. The number of nitrogens with zero attached hydrogens (tertiary/aromatic N) is 1. The highest BCUT2D eigenvalue weighted by atomic mass is 32.2. The maximum absolute atomic E-state index is 12.2. The van der Waals surface area contributed by atoms with Crippen LogP contribution in [-0.4, -0.2) is 45.6 Å². The van der Waals surface area contributed by atoms with Gasteiger partial charge >= 0.3 is 5.97 Å². The standard InChI is InChI=1S/C11H16N2O4S.C6H4O/c1-6(14)12-11(9(16)17-4)10(2,3)18-8-5-7(15)13(8)11;1-2-4-6-5(3-1)7-6/h8H,5H2,1-4H3,(H,12,14);1-4H/t8-,11?;/m1./s1. The second-order valence-corrected chi connectivity index (χ2v) is 8.28. The van der Waals surface area contributed by atoms with Crippen LogP contribution >= 0.6 is 11.8 Å². The van der Waals surface area contributed by atoms with Crippen LogP contribution in [0.25, 0.3) is 0 Å². The first kappa shape index (κ1) is 17.6. The first-order valence-electron chi connectivity index (χ1n) is 7.87. The number of nitrogens with one attached hydrogen (secondary N) is 1. The summed E-state index contributed by atoms with van der Waals surface area (Å²) in [6.45, 7) is 4.98. The van der Waals surface area contributed by atoms with E-state index in [0.717, 1.165) is 11.5 Å². The lowest BCUT2D eigenvalue weighted by molar-refractivity contribution is -0.175. The van der Waals surface area contributed by atoms with Crippen molar-refractivity contribution in [3.05, 3.63) is 24.3 Å². The summed E-state index contributed by atoms with van der Waals surface area (Å²) < 4.78 is 9.12. The number of fused-ring (bicyclic) bond motifs is 2. The molecule has 1 aromatic rings. The molecule has 134 valence electrons. The number of benzene rings is 1. The smallest absolute Gasteiger partial charge is 0.354 e. The lowest BCUT2D eigenvalue weighted by Crippen LogP contribution is -2.75. The number of carbonyl (C=O) groups is 3. The van der Waals surface area contributed by atoms with E-state index < -0.39 is 16.4 Å². The minimum atomic E-state index is -1.40. The van der Waals surface area contributed by atoms with Gasteiger partial charge in [-0.05, 0) is 26.0 Å². The van der Waals surface area contributed by atoms with Crippen molar-refractivity contribution in [2.75, 3.05) is 7.11 Å². The number of thioether (sulfide) groups is 1. The van der Waals surface area contributed by atoms with Crippen LogP contribution in [0.1, 0.15) is 27.2 Å². The van der Waals surface area contributed by atoms with Gasteiger partial charge in [-0.2, -0.15) is 0 Å². The Labute approximate surface area is 150 Å². The molecule has 3 aliphatic rings. The highest BCUT2D eigenvalue weighted by molar-refractivity contribution is 8.01. The van der Waals surface area contributed by atoms with Crippen molar-refractivity contribution < 1.29 is 23.9 Å². The van der Waals surface area contributed by atoms with Crippen molar-refractivity contribution in [1.82, 2.24) is 10.2 Å². The molecular weight excluding hydrogens is 344 g/mol. The molecule has 0 aliphatic carbocycles. The fraction of sp³-hybridized carbons (Fsp3) is 0.471. The van der Waals surface area contributed by atoms with Gasteiger partial charge in [0.05, 0.1) is 23.7 Å². The summed E-state index contributed by atoms with van der Waals surface area (Å²) >= 11 is 1.50. The fourth-order valence-corrected chi connectivity index (χ4v) is 4.91. The topological polar surface area (TPSA) is 88.2 Å². The molecule has 1 unspecified atom stereocenters. The average molecular weight is 364 g/mol. The predicted octanol–water partition coefficient (Wildman–Crippen LogP) is 1.87. The molecule has 0 spiro atoms. The molecule has 3 aliphatic heterocycles. The van der Waals surface area contributed by atoms with Gasteiger partial charge in [-0.25, -0.2) is 4.79 Å². The number of methoxy groups -OCH3 is 1. The Morgan fingerprint density at radius 3 is 2.36 bits per heavy atom. The third-order valence-corrected chi connectivity index (χ3v) is 5.97. The van der Waals surface area contributed by atoms with E-state index in [1.54, 1.807) is 0 Å². The lowest BCUT2D eigenvalue weighted by Gasteiger charge is -2.46. The number of carbonyl (C=O) groups excluding carboxylic acids is 3. The highest BCUT2D eigenvalue weighted by Gasteiger charge is 2.70. The number of esters is 1. The number of amides is 2. The van der Waals surface area contributed by atoms with Gasteiger partial charge in [0.2, 0.25) is 17.5 Å². The molecular formula is C17H20N2O5S. The van der Waals surface area contributed by atoms with Crippen molar-refractivity contribution in [2.45, 2.75) is 43.0 Å². The maximum atomic E-state index is 12.2. The number of hydrogen-bond acceptors (Lipinski definition) is 6. The summed E-state index contributed by atoms with van der Waals surface area (Å²) in [4.78, 5) is 36.8. The van der Waals surface area contributed by atoms with Gasteiger partial charge in [-0.15, -0.1) is 11.8 Å². The zero-order chi connectivity index (χ0) is 18.4. The molecule has 2 atom stereocenters. The Morgan fingerprint density at radius 1 is 1.32 bits per heavy atom. The second-order valence-electron chi connectivity index (χ2n) is 6.48. The van der Waals surface area contributed by atoms with E-state index in [9.17, 15) is 14.4 Å². The number of hydrogen-bond donors (Lipinski definition) is 1. The third kappa shape index (κ3) is 2.74. The third-order valence-electron chi connectivity index (χ3n) is 4.43. The van der Waals surface area contributed by atoms with Crippen molar-refractivity contribution in [1.29, 1.82) is 0 Å². The van der Waals surface area contributed by atoms with Crippen LogP contribution in [0.2, 0.25) is 0 Å². The monoisotopic (exact) mass is 364 g/mol. The van der Waals surface area contributed by atoms with Gasteiger partial charge in [0, 0.05) is 6.92 Å². The Balaban J connectivity index is 0.000000213. The molecule has 2 fully saturated rings. The van der Waals surface area contributed by atoms with Gasteiger partial charge < -0.3 is 14.8 Å². The predicted molar refractivity (Wildman–Crippen MR) is 92.0 cm³/mol.